The summed E-state index contributed by atoms with van der Waals surface area (Å²) in [5.41, 5.74) is 0.619. The number of hydrogen-bond acceptors (Lipinski definition) is 8. The molecule has 0 aromatic carbocycles. The van der Waals surface area contributed by atoms with Gasteiger partial charge in [-0.15, -0.1) is 11.3 Å². The molecule has 25 heavy (non-hydrogen) atoms. The lowest BCUT2D eigenvalue weighted by atomic mass is 10.2. The van der Waals surface area contributed by atoms with Crippen molar-refractivity contribution >= 4 is 17.2 Å². The van der Waals surface area contributed by atoms with Crippen molar-refractivity contribution in [3.63, 3.8) is 0 Å². The van der Waals surface area contributed by atoms with Gasteiger partial charge in [-0.2, -0.15) is 10.2 Å². The summed E-state index contributed by atoms with van der Waals surface area (Å²) in [5, 5.41) is 15.3. The Hall–Kier alpha value is -2.76. The van der Waals surface area contributed by atoms with Crippen LogP contribution in [0.3, 0.4) is 0 Å². The van der Waals surface area contributed by atoms with Crippen molar-refractivity contribution in [3.8, 4) is 16.8 Å². The average Bonchev–Trinajstić information content (AvgIpc) is 3.34. The van der Waals surface area contributed by atoms with E-state index in [1.807, 2.05) is 17.5 Å². The van der Waals surface area contributed by atoms with Gasteiger partial charge >= 0.3 is 0 Å². The molecule has 3 aromatic rings. The number of piperazine rings is 1. The van der Waals surface area contributed by atoms with Gasteiger partial charge in [-0.1, -0.05) is 11.2 Å². The first-order valence-electron chi connectivity index (χ1n) is 8.02. The van der Waals surface area contributed by atoms with Crippen LogP contribution in [-0.2, 0) is 6.54 Å². The Bertz CT molecular complexity index is 877. The van der Waals surface area contributed by atoms with Gasteiger partial charge in [0.25, 0.3) is 0 Å². The minimum Gasteiger partial charge on any atom is -0.353 e. The third-order valence-corrected chi connectivity index (χ3v) is 5.01. The fourth-order valence-electron chi connectivity index (χ4n) is 2.87. The summed E-state index contributed by atoms with van der Waals surface area (Å²) in [4.78, 5) is 14.3. The van der Waals surface area contributed by atoms with E-state index in [4.69, 9.17) is 4.52 Å². The Labute approximate surface area is 149 Å². The molecule has 4 rings (SSSR count). The molecular weight excluding hydrogens is 336 g/mol. The third kappa shape index (κ3) is 3.38. The van der Waals surface area contributed by atoms with E-state index in [0.29, 0.717) is 23.8 Å². The van der Waals surface area contributed by atoms with Gasteiger partial charge < -0.3 is 9.42 Å². The average molecular weight is 352 g/mol. The van der Waals surface area contributed by atoms with Crippen molar-refractivity contribution in [1.29, 1.82) is 5.26 Å². The molecule has 0 amide bonds. The van der Waals surface area contributed by atoms with Gasteiger partial charge in [0.1, 0.15) is 11.9 Å². The molecule has 126 valence electrons. The SMILES string of the molecule is N#Cc1cccnc1N1CCN(Cc2nc(-c3cccs3)no2)CC1. The van der Waals surface area contributed by atoms with Crippen LogP contribution < -0.4 is 4.90 Å². The highest BCUT2D eigenvalue weighted by Crippen LogP contribution is 2.22. The molecule has 3 aromatic heterocycles. The monoisotopic (exact) mass is 352 g/mol. The summed E-state index contributed by atoms with van der Waals surface area (Å²) in [6, 6.07) is 9.76. The van der Waals surface area contributed by atoms with E-state index in [1.165, 1.54) is 0 Å². The van der Waals surface area contributed by atoms with Crippen LogP contribution in [0, 0.1) is 11.3 Å². The second kappa shape index (κ2) is 7.01. The predicted molar refractivity (Wildman–Crippen MR) is 94.1 cm³/mol. The third-order valence-electron chi connectivity index (χ3n) is 4.15. The predicted octanol–water partition coefficient (Wildman–Crippen LogP) is 2.39. The standard InChI is InChI=1S/C17H16N6OS/c18-11-13-3-1-5-19-17(13)23-8-6-22(7-9-23)12-15-20-16(21-24-15)14-4-2-10-25-14/h1-5,10H,6-9,12H2. The molecule has 1 fully saturated rings. The van der Waals surface area contributed by atoms with E-state index >= 15 is 0 Å². The van der Waals surface area contributed by atoms with Gasteiger partial charge in [0.15, 0.2) is 0 Å². The van der Waals surface area contributed by atoms with Crippen molar-refractivity contribution in [2.24, 2.45) is 0 Å². The number of anilines is 1. The summed E-state index contributed by atoms with van der Waals surface area (Å²) < 4.78 is 5.37. The zero-order chi connectivity index (χ0) is 17.1. The highest BCUT2D eigenvalue weighted by molar-refractivity contribution is 7.13. The molecule has 4 heterocycles. The number of hydrogen-bond donors (Lipinski definition) is 0. The van der Waals surface area contributed by atoms with Crippen molar-refractivity contribution in [2.75, 3.05) is 31.1 Å². The normalized spacial score (nSPS) is 15.2. The van der Waals surface area contributed by atoms with Gasteiger partial charge in [-0.05, 0) is 23.6 Å². The molecule has 0 spiro atoms. The van der Waals surface area contributed by atoms with Gasteiger partial charge in [-0.3, -0.25) is 4.90 Å². The smallest absolute Gasteiger partial charge is 0.241 e. The van der Waals surface area contributed by atoms with Crippen LogP contribution in [0.5, 0.6) is 0 Å². The first-order chi connectivity index (χ1) is 12.3. The number of nitriles is 1. The lowest BCUT2D eigenvalue weighted by molar-refractivity contribution is 0.215. The molecule has 1 aliphatic heterocycles. The van der Waals surface area contributed by atoms with Crippen molar-refractivity contribution in [2.45, 2.75) is 6.54 Å². The summed E-state index contributed by atoms with van der Waals surface area (Å²) in [7, 11) is 0. The van der Waals surface area contributed by atoms with E-state index in [1.54, 1.807) is 29.7 Å². The highest BCUT2D eigenvalue weighted by atomic mass is 32.1. The van der Waals surface area contributed by atoms with Gasteiger partial charge in [0.05, 0.1) is 17.0 Å². The number of pyridine rings is 1. The minimum absolute atomic E-state index is 0.619. The molecule has 0 atom stereocenters. The quantitative estimate of drug-likeness (QED) is 0.713. The molecule has 8 heteroatoms. The Morgan fingerprint density at radius 2 is 2.08 bits per heavy atom. The van der Waals surface area contributed by atoms with Gasteiger partial charge in [-0.25, -0.2) is 4.98 Å². The second-order valence-corrected chi connectivity index (χ2v) is 6.69. The molecule has 0 unspecified atom stereocenters. The molecule has 0 radical (unpaired) electrons. The van der Waals surface area contributed by atoms with Crippen LogP contribution in [-0.4, -0.2) is 46.2 Å². The number of rotatable bonds is 4. The van der Waals surface area contributed by atoms with E-state index in [2.05, 4.69) is 31.0 Å². The van der Waals surface area contributed by atoms with E-state index < -0.39 is 0 Å². The van der Waals surface area contributed by atoms with E-state index in [0.717, 1.165) is 36.9 Å². The lowest BCUT2D eigenvalue weighted by Gasteiger charge is -2.34. The fourth-order valence-corrected chi connectivity index (χ4v) is 3.52. The molecule has 0 N–H and O–H groups in total. The van der Waals surface area contributed by atoms with Crippen molar-refractivity contribution in [1.82, 2.24) is 20.0 Å². The van der Waals surface area contributed by atoms with E-state index in [-0.39, 0.29) is 0 Å². The largest absolute Gasteiger partial charge is 0.353 e. The first kappa shape index (κ1) is 15.7. The molecule has 1 aliphatic rings. The fraction of sp³-hybridized carbons (Fsp3) is 0.294. The molecule has 0 bridgehead atoms. The van der Waals surface area contributed by atoms with Crippen LogP contribution in [0.2, 0.25) is 0 Å². The molecule has 7 nitrogen and oxygen atoms in total. The molecular formula is C17H16N6OS. The molecule has 1 saturated heterocycles. The summed E-state index contributed by atoms with van der Waals surface area (Å²) in [6.07, 6.45) is 1.73. The maximum Gasteiger partial charge on any atom is 0.241 e. The molecule has 0 saturated carbocycles. The zero-order valence-electron chi connectivity index (χ0n) is 13.5. The summed E-state index contributed by atoms with van der Waals surface area (Å²) in [6.45, 7) is 3.99. The van der Waals surface area contributed by atoms with Gasteiger partial charge in [0.2, 0.25) is 11.7 Å². The van der Waals surface area contributed by atoms with Crippen LogP contribution in [0.15, 0.2) is 40.4 Å². The highest BCUT2D eigenvalue weighted by Gasteiger charge is 2.22. The Morgan fingerprint density at radius 1 is 1.20 bits per heavy atom. The minimum atomic E-state index is 0.619. The van der Waals surface area contributed by atoms with Crippen molar-refractivity contribution in [3.05, 3.63) is 47.3 Å². The van der Waals surface area contributed by atoms with Crippen LogP contribution in [0.25, 0.3) is 10.7 Å². The van der Waals surface area contributed by atoms with Crippen LogP contribution in [0.1, 0.15) is 11.5 Å². The Kier molecular flexibility index (Phi) is 4.41. The Balaban J connectivity index is 1.37. The van der Waals surface area contributed by atoms with Crippen molar-refractivity contribution < 1.29 is 4.52 Å². The Morgan fingerprint density at radius 3 is 2.84 bits per heavy atom. The first-order valence-corrected chi connectivity index (χ1v) is 8.90. The van der Waals surface area contributed by atoms with E-state index in [9.17, 15) is 5.26 Å². The van der Waals surface area contributed by atoms with Gasteiger partial charge in [0, 0.05) is 32.4 Å². The number of aromatic nitrogens is 3. The number of thiophene rings is 1. The molecule has 0 aliphatic carbocycles. The maximum absolute atomic E-state index is 9.22. The second-order valence-electron chi connectivity index (χ2n) is 5.74. The lowest BCUT2D eigenvalue weighted by Crippen LogP contribution is -2.46. The topological polar surface area (TPSA) is 82.1 Å². The summed E-state index contributed by atoms with van der Waals surface area (Å²) in [5.74, 6) is 2.05. The maximum atomic E-state index is 9.22. The van der Waals surface area contributed by atoms with Crippen LogP contribution >= 0.6 is 11.3 Å². The van der Waals surface area contributed by atoms with Crippen LogP contribution in [0.4, 0.5) is 5.82 Å². The zero-order valence-corrected chi connectivity index (χ0v) is 14.3. The number of nitrogens with zero attached hydrogens (tertiary/aromatic N) is 6. The summed E-state index contributed by atoms with van der Waals surface area (Å²) >= 11 is 1.60.